The van der Waals surface area contributed by atoms with E-state index in [-0.39, 0.29) is 12.4 Å². The summed E-state index contributed by atoms with van der Waals surface area (Å²) in [5, 5.41) is 18.8. The van der Waals surface area contributed by atoms with E-state index in [4.69, 9.17) is 5.11 Å². The van der Waals surface area contributed by atoms with E-state index in [1.54, 1.807) is 13.0 Å². The fourth-order valence-corrected chi connectivity index (χ4v) is 2.50. The van der Waals surface area contributed by atoms with Crippen molar-refractivity contribution < 1.29 is 14.6 Å². The van der Waals surface area contributed by atoms with Crippen molar-refractivity contribution in [3.63, 3.8) is 0 Å². The van der Waals surface area contributed by atoms with Gasteiger partial charge in [0.05, 0.1) is 6.10 Å². The molecule has 0 spiro atoms. The van der Waals surface area contributed by atoms with E-state index in [1.165, 1.54) is 12.1 Å². The normalized spacial score (nSPS) is 19.0. The number of piperidine rings is 1. The second-order valence-electron chi connectivity index (χ2n) is 4.99. The molecule has 0 aliphatic carbocycles. The second-order valence-corrected chi connectivity index (χ2v) is 4.99. The van der Waals surface area contributed by atoms with Gasteiger partial charge in [-0.05, 0) is 43.9 Å². The zero-order valence-corrected chi connectivity index (χ0v) is 10.6. The second kappa shape index (κ2) is 5.67. The van der Waals surface area contributed by atoms with Crippen LogP contribution in [0.3, 0.4) is 0 Å². The van der Waals surface area contributed by atoms with E-state index in [0.29, 0.717) is 11.5 Å². The predicted octanol–water partition coefficient (Wildman–Crippen LogP) is 2.09. The smallest absolute Gasteiger partial charge is 0.123 e. The summed E-state index contributed by atoms with van der Waals surface area (Å²) in [5.41, 5.74) is 1.54. The molecule has 1 atom stereocenters. The molecule has 0 radical (unpaired) electrons. The van der Waals surface area contributed by atoms with Crippen molar-refractivity contribution in [2.45, 2.75) is 25.9 Å². The van der Waals surface area contributed by atoms with E-state index in [9.17, 15) is 9.50 Å². The van der Waals surface area contributed by atoms with E-state index in [2.05, 4.69) is 4.90 Å². The van der Waals surface area contributed by atoms with Crippen LogP contribution in [0.5, 0.6) is 0 Å². The van der Waals surface area contributed by atoms with E-state index in [0.717, 1.165) is 31.6 Å². The van der Waals surface area contributed by atoms with Gasteiger partial charge in [-0.15, -0.1) is 0 Å². The maximum atomic E-state index is 13.2. The van der Waals surface area contributed by atoms with Gasteiger partial charge in [-0.1, -0.05) is 0 Å². The van der Waals surface area contributed by atoms with Gasteiger partial charge >= 0.3 is 0 Å². The highest BCUT2D eigenvalue weighted by atomic mass is 19.1. The maximum Gasteiger partial charge on any atom is 0.123 e. The molecule has 1 heterocycles. The van der Waals surface area contributed by atoms with Crippen molar-refractivity contribution in [2.24, 2.45) is 5.92 Å². The van der Waals surface area contributed by atoms with Gasteiger partial charge in [0.25, 0.3) is 0 Å². The van der Waals surface area contributed by atoms with Crippen molar-refractivity contribution in [1.29, 1.82) is 0 Å². The number of anilines is 1. The fourth-order valence-electron chi connectivity index (χ4n) is 2.50. The van der Waals surface area contributed by atoms with Crippen LogP contribution in [0.1, 0.15) is 31.4 Å². The Bertz CT molecular complexity index is 401. The molecule has 2 N–H and O–H groups in total. The molecule has 1 unspecified atom stereocenters. The lowest BCUT2D eigenvalue weighted by Gasteiger charge is -2.34. The molecule has 1 aliphatic rings. The quantitative estimate of drug-likeness (QED) is 0.867. The average molecular weight is 253 g/mol. The Morgan fingerprint density at radius 1 is 1.39 bits per heavy atom. The minimum Gasteiger partial charge on any atom is -0.396 e. The number of rotatable bonds is 3. The van der Waals surface area contributed by atoms with Crippen LogP contribution in [0, 0.1) is 11.7 Å². The minimum atomic E-state index is -0.675. The molecule has 3 nitrogen and oxygen atoms in total. The summed E-state index contributed by atoms with van der Waals surface area (Å²) in [5.74, 6) is 0.0524. The zero-order chi connectivity index (χ0) is 13.1. The number of hydrogen-bond donors (Lipinski definition) is 2. The third-order valence-electron chi connectivity index (χ3n) is 3.65. The lowest BCUT2D eigenvalue weighted by molar-refractivity contribution is 0.195. The van der Waals surface area contributed by atoms with Crippen molar-refractivity contribution in [1.82, 2.24) is 0 Å². The van der Waals surface area contributed by atoms with E-state index >= 15 is 0 Å². The van der Waals surface area contributed by atoms with Crippen LogP contribution in [0.2, 0.25) is 0 Å². The van der Waals surface area contributed by atoms with Gasteiger partial charge in [0, 0.05) is 30.9 Å². The number of aliphatic hydroxyl groups is 2. The van der Waals surface area contributed by atoms with Gasteiger partial charge < -0.3 is 15.1 Å². The summed E-state index contributed by atoms with van der Waals surface area (Å²) in [7, 11) is 0. The molecule has 1 aromatic carbocycles. The van der Waals surface area contributed by atoms with Gasteiger partial charge in [0.2, 0.25) is 0 Å². The number of halogens is 1. The first-order valence-corrected chi connectivity index (χ1v) is 6.45. The highest BCUT2D eigenvalue weighted by molar-refractivity contribution is 5.55. The first-order chi connectivity index (χ1) is 8.61. The number of nitrogens with zero attached hydrogens (tertiary/aromatic N) is 1. The summed E-state index contributed by atoms with van der Waals surface area (Å²) < 4.78 is 13.2. The molecule has 2 rings (SSSR count). The Morgan fingerprint density at radius 3 is 2.61 bits per heavy atom. The summed E-state index contributed by atoms with van der Waals surface area (Å²) in [4.78, 5) is 2.16. The van der Waals surface area contributed by atoms with Gasteiger partial charge in [0.15, 0.2) is 0 Å². The van der Waals surface area contributed by atoms with Crippen LogP contribution in [0.25, 0.3) is 0 Å². The largest absolute Gasteiger partial charge is 0.396 e. The van der Waals surface area contributed by atoms with Crippen molar-refractivity contribution in [3.8, 4) is 0 Å². The molecular formula is C14H20FNO2. The SMILES string of the molecule is CC(O)c1cc(F)ccc1N1CCC(CO)CC1. The van der Waals surface area contributed by atoms with Crippen LogP contribution in [0.4, 0.5) is 10.1 Å². The Morgan fingerprint density at radius 2 is 2.06 bits per heavy atom. The molecule has 100 valence electrons. The molecule has 1 fully saturated rings. The summed E-state index contributed by atoms with van der Waals surface area (Å²) >= 11 is 0. The van der Waals surface area contributed by atoms with Crippen LogP contribution in [-0.4, -0.2) is 29.9 Å². The third-order valence-corrected chi connectivity index (χ3v) is 3.65. The molecule has 4 heteroatoms. The molecule has 18 heavy (non-hydrogen) atoms. The number of benzene rings is 1. The molecule has 0 amide bonds. The summed E-state index contributed by atoms with van der Waals surface area (Å²) in [6.45, 7) is 3.58. The van der Waals surface area contributed by atoms with Gasteiger partial charge in [-0.25, -0.2) is 4.39 Å². The van der Waals surface area contributed by atoms with Crippen LogP contribution >= 0.6 is 0 Å². The fraction of sp³-hybridized carbons (Fsp3) is 0.571. The average Bonchev–Trinajstić information content (AvgIpc) is 2.39. The molecule has 0 saturated carbocycles. The molecule has 1 saturated heterocycles. The number of hydrogen-bond acceptors (Lipinski definition) is 3. The van der Waals surface area contributed by atoms with Gasteiger partial charge in [-0.3, -0.25) is 0 Å². The zero-order valence-electron chi connectivity index (χ0n) is 10.6. The summed E-state index contributed by atoms with van der Waals surface area (Å²) in [6, 6.07) is 4.56. The lowest BCUT2D eigenvalue weighted by Crippen LogP contribution is -2.35. The first-order valence-electron chi connectivity index (χ1n) is 6.45. The Hall–Kier alpha value is -1.13. The van der Waals surface area contributed by atoms with Crippen LogP contribution in [0.15, 0.2) is 18.2 Å². The van der Waals surface area contributed by atoms with Gasteiger partial charge in [-0.2, -0.15) is 0 Å². The van der Waals surface area contributed by atoms with Crippen molar-refractivity contribution >= 4 is 5.69 Å². The third kappa shape index (κ3) is 2.82. The molecule has 1 aliphatic heterocycles. The lowest BCUT2D eigenvalue weighted by atomic mass is 9.96. The molecule has 1 aromatic rings. The highest BCUT2D eigenvalue weighted by Gasteiger charge is 2.21. The standard InChI is InChI=1S/C14H20FNO2/c1-10(18)13-8-12(15)2-3-14(13)16-6-4-11(9-17)5-7-16/h2-3,8,10-11,17-18H,4-7,9H2,1H3. The number of aliphatic hydroxyl groups excluding tert-OH is 2. The highest BCUT2D eigenvalue weighted by Crippen LogP contribution is 2.30. The monoisotopic (exact) mass is 253 g/mol. The Labute approximate surface area is 107 Å². The van der Waals surface area contributed by atoms with Crippen LogP contribution in [-0.2, 0) is 0 Å². The first kappa shape index (κ1) is 13.3. The molecule has 0 bridgehead atoms. The Kier molecular flexibility index (Phi) is 4.19. The minimum absolute atomic E-state index is 0.237. The molecular weight excluding hydrogens is 233 g/mol. The van der Waals surface area contributed by atoms with Crippen molar-refractivity contribution in [2.75, 3.05) is 24.6 Å². The Balaban J connectivity index is 2.18. The predicted molar refractivity (Wildman–Crippen MR) is 69.1 cm³/mol. The maximum absolute atomic E-state index is 13.2. The summed E-state index contributed by atoms with van der Waals surface area (Å²) in [6.07, 6.45) is 1.20. The van der Waals surface area contributed by atoms with Crippen molar-refractivity contribution in [3.05, 3.63) is 29.6 Å². The van der Waals surface area contributed by atoms with E-state index < -0.39 is 6.10 Å². The van der Waals surface area contributed by atoms with Crippen LogP contribution < -0.4 is 4.90 Å². The van der Waals surface area contributed by atoms with Gasteiger partial charge in [0.1, 0.15) is 5.82 Å². The molecule has 0 aromatic heterocycles. The van der Waals surface area contributed by atoms with E-state index in [1.807, 2.05) is 0 Å². The topological polar surface area (TPSA) is 43.7 Å².